The van der Waals surface area contributed by atoms with Gasteiger partial charge in [-0.2, -0.15) is 5.26 Å². The van der Waals surface area contributed by atoms with Crippen molar-refractivity contribution in [3.8, 4) is 6.07 Å². The summed E-state index contributed by atoms with van der Waals surface area (Å²) in [5.41, 5.74) is 5.62. The first-order valence-electron chi connectivity index (χ1n) is 5.58. The van der Waals surface area contributed by atoms with Crippen LogP contribution in [0.1, 0.15) is 26.7 Å². The number of nitrogens with two attached hydrogens (primary N) is 1. The van der Waals surface area contributed by atoms with E-state index < -0.39 is 12.0 Å². The molecule has 0 saturated heterocycles. The minimum absolute atomic E-state index is 0.117. The predicted octanol–water partition coefficient (Wildman–Crippen LogP) is 0.187. The van der Waals surface area contributed by atoms with Crippen molar-refractivity contribution in [2.24, 2.45) is 11.7 Å². The van der Waals surface area contributed by atoms with Gasteiger partial charge in [-0.15, -0.1) is 0 Å². The average Bonchev–Trinajstić information content (AvgIpc) is 2.31. The van der Waals surface area contributed by atoms with Crippen LogP contribution in [0.5, 0.6) is 0 Å². The van der Waals surface area contributed by atoms with E-state index in [-0.39, 0.29) is 24.7 Å². The van der Waals surface area contributed by atoms with Crippen molar-refractivity contribution in [3.05, 3.63) is 0 Å². The molecule has 96 valence electrons. The van der Waals surface area contributed by atoms with Gasteiger partial charge in [0.1, 0.15) is 0 Å². The molecular weight excluding hydrogens is 222 g/mol. The molecule has 0 saturated carbocycles. The van der Waals surface area contributed by atoms with Crippen LogP contribution in [0.3, 0.4) is 0 Å². The van der Waals surface area contributed by atoms with Gasteiger partial charge in [-0.1, -0.05) is 0 Å². The van der Waals surface area contributed by atoms with E-state index in [0.717, 1.165) is 0 Å². The molecule has 2 unspecified atom stereocenters. The van der Waals surface area contributed by atoms with Crippen molar-refractivity contribution in [2.75, 3.05) is 13.1 Å². The van der Waals surface area contributed by atoms with E-state index in [9.17, 15) is 9.59 Å². The number of nitriles is 1. The Balaban J connectivity index is 4.33. The topological polar surface area (TPSA) is 107 Å². The highest BCUT2D eigenvalue weighted by molar-refractivity contribution is 5.82. The number of aliphatic carboxylic acids is 1. The molecule has 6 nitrogen and oxygen atoms in total. The van der Waals surface area contributed by atoms with Crippen molar-refractivity contribution in [2.45, 2.75) is 32.7 Å². The summed E-state index contributed by atoms with van der Waals surface area (Å²) in [7, 11) is 0. The monoisotopic (exact) mass is 241 g/mol. The number of carbonyl (C=O) groups excluding carboxylic acids is 1. The number of nitrogens with zero attached hydrogens (tertiary/aromatic N) is 2. The van der Waals surface area contributed by atoms with Crippen LogP contribution in [0.25, 0.3) is 0 Å². The number of amides is 1. The van der Waals surface area contributed by atoms with Crippen LogP contribution in [0.4, 0.5) is 0 Å². The summed E-state index contributed by atoms with van der Waals surface area (Å²) in [6.45, 7) is 4.31. The smallest absolute Gasteiger partial charge is 0.303 e. The third-order valence-corrected chi connectivity index (χ3v) is 2.39. The highest BCUT2D eigenvalue weighted by Gasteiger charge is 2.21. The van der Waals surface area contributed by atoms with Gasteiger partial charge < -0.3 is 15.7 Å². The minimum Gasteiger partial charge on any atom is -0.481 e. The third-order valence-electron chi connectivity index (χ3n) is 2.39. The molecule has 0 heterocycles. The lowest BCUT2D eigenvalue weighted by Gasteiger charge is -2.25. The van der Waals surface area contributed by atoms with Crippen LogP contribution in [0.2, 0.25) is 0 Å². The predicted molar refractivity (Wildman–Crippen MR) is 61.9 cm³/mol. The number of carboxylic acid groups (broad SMARTS) is 1. The van der Waals surface area contributed by atoms with Crippen molar-refractivity contribution < 1.29 is 14.7 Å². The molecule has 0 aromatic heterocycles. The number of carbonyl (C=O) groups is 2. The lowest BCUT2D eigenvalue weighted by molar-refractivity contribution is -0.137. The first-order chi connectivity index (χ1) is 7.92. The highest BCUT2D eigenvalue weighted by atomic mass is 16.4. The van der Waals surface area contributed by atoms with E-state index >= 15 is 0 Å². The first-order valence-corrected chi connectivity index (χ1v) is 5.58. The zero-order valence-corrected chi connectivity index (χ0v) is 10.2. The van der Waals surface area contributed by atoms with E-state index in [0.29, 0.717) is 13.1 Å². The van der Waals surface area contributed by atoms with Gasteiger partial charge >= 0.3 is 5.97 Å². The number of hydrogen-bond acceptors (Lipinski definition) is 4. The fourth-order valence-electron chi connectivity index (χ4n) is 1.38. The number of rotatable bonds is 7. The fraction of sp³-hybridized carbons (Fsp3) is 0.727. The summed E-state index contributed by atoms with van der Waals surface area (Å²) < 4.78 is 0. The van der Waals surface area contributed by atoms with Crippen LogP contribution in [-0.2, 0) is 9.59 Å². The van der Waals surface area contributed by atoms with E-state index in [2.05, 4.69) is 0 Å². The van der Waals surface area contributed by atoms with Crippen LogP contribution in [0.15, 0.2) is 0 Å². The van der Waals surface area contributed by atoms with Crippen LogP contribution in [-0.4, -0.2) is 41.0 Å². The Kier molecular flexibility index (Phi) is 6.91. The standard InChI is InChI=1S/C11H19N3O3/c1-3-14(7-8(2)6-12)11(17)9(13)4-5-10(15)16/h8-9H,3-5,7,13H2,1-2H3,(H,15,16). The Labute approximate surface area is 101 Å². The molecule has 1 amide bonds. The van der Waals surface area contributed by atoms with E-state index in [1.807, 2.05) is 6.07 Å². The maximum atomic E-state index is 11.8. The van der Waals surface area contributed by atoms with Crippen molar-refractivity contribution >= 4 is 11.9 Å². The molecule has 0 aliphatic carbocycles. The lowest BCUT2D eigenvalue weighted by atomic mass is 10.1. The zero-order chi connectivity index (χ0) is 13.4. The van der Waals surface area contributed by atoms with Crippen molar-refractivity contribution in [1.82, 2.24) is 4.90 Å². The molecule has 0 radical (unpaired) electrons. The summed E-state index contributed by atoms with van der Waals surface area (Å²) in [6.07, 6.45) is -0.0101. The Morgan fingerprint density at radius 1 is 1.53 bits per heavy atom. The van der Waals surface area contributed by atoms with Gasteiger partial charge in [-0.25, -0.2) is 0 Å². The maximum Gasteiger partial charge on any atom is 0.303 e. The molecule has 0 fully saturated rings. The van der Waals surface area contributed by atoms with Gasteiger partial charge in [0.15, 0.2) is 0 Å². The van der Waals surface area contributed by atoms with Crippen molar-refractivity contribution in [3.63, 3.8) is 0 Å². The van der Waals surface area contributed by atoms with E-state index in [4.69, 9.17) is 16.1 Å². The Morgan fingerprint density at radius 2 is 2.12 bits per heavy atom. The summed E-state index contributed by atoms with van der Waals surface area (Å²) in [5, 5.41) is 17.2. The molecular formula is C11H19N3O3. The van der Waals surface area contributed by atoms with Crippen LogP contribution in [0, 0.1) is 17.2 Å². The van der Waals surface area contributed by atoms with E-state index in [1.54, 1.807) is 13.8 Å². The number of carboxylic acids is 1. The maximum absolute atomic E-state index is 11.8. The normalized spacial score (nSPS) is 13.5. The molecule has 0 spiro atoms. The molecule has 0 aromatic rings. The van der Waals surface area contributed by atoms with Gasteiger partial charge in [0, 0.05) is 19.5 Å². The molecule has 0 bridgehead atoms. The molecule has 17 heavy (non-hydrogen) atoms. The fourth-order valence-corrected chi connectivity index (χ4v) is 1.38. The second kappa shape index (κ2) is 7.63. The molecule has 3 N–H and O–H groups in total. The summed E-state index contributed by atoms with van der Waals surface area (Å²) >= 11 is 0. The lowest BCUT2D eigenvalue weighted by Crippen LogP contribution is -2.45. The summed E-state index contributed by atoms with van der Waals surface area (Å²) in [5.74, 6) is -1.52. The molecule has 0 aliphatic rings. The highest BCUT2D eigenvalue weighted by Crippen LogP contribution is 2.04. The largest absolute Gasteiger partial charge is 0.481 e. The second-order valence-electron chi connectivity index (χ2n) is 3.95. The number of likely N-dealkylation sites (N-methyl/N-ethyl adjacent to an activating group) is 1. The van der Waals surface area contributed by atoms with Crippen molar-refractivity contribution in [1.29, 1.82) is 5.26 Å². The number of hydrogen-bond donors (Lipinski definition) is 2. The van der Waals surface area contributed by atoms with Gasteiger partial charge in [-0.3, -0.25) is 9.59 Å². The summed E-state index contributed by atoms with van der Waals surface area (Å²) in [6, 6.07) is 1.24. The minimum atomic E-state index is -0.971. The third kappa shape index (κ3) is 5.88. The Morgan fingerprint density at radius 3 is 2.53 bits per heavy atom. The van der Waals surface area contributed by atoms with Gasteiger partial charge in [0.05, 0.1) is 18.0 Å². The Bertz CT molecular complexity index is 312. The molecule has 0 aromatic carbocycles. The molecule has 0 rings (SSSR count). The molecule has 0 aliphatic heterocycles. The van der Waals surface area contributed by atoms with Gasteiger partial charge in [-0.05, 0) is 20.3 Å². The zero-order valence-electron chi connectivity index (χ0n) is 10.2. The first kappa shape index (κ1) is 15.4. The van der Waals surface area contributed by atoms with Gasteiger partial charge in [0.25, 0.3) is 0 Å². The average molecular weight is 241 g/mol. The SMILES string of the molecule is CCN(CC(C)C#N)C(=O)C(N)CCC(=O)O. The van der Waals surface area contributed by atoms with Crippen LogP contribution >= 0.6 is 0 Å². The Hall–Kier alpha value is -1.61. The quantitative estimate of drug-likeness (QED) is 0.661. The van der Waals surface area contributed by atoms with E-state index in [1.165, 1.54) is 4.90 Å². The molecule has 6 heteroatoms. The summed E-state index contributed by atoms with van der Waals surface area (Å²) in [4.78, 5) is 23.7. The van der Waals surface area contributed by atoms with Crippen LogP contribution < -0.4 is 5.73 Å². The second-order valence-corrected chi connectivity index (χ2v) is 3.95. The van der Waals surface area contributed by atoms with Gasteiger partial charge in [0.2, 0.25) is 5.91 Å². The molecule has 2 atom stereocenters.